The average molecular weight is 504 g/mol. The number of hydrogen-bond donors (Lipinski definition) is 1. The quantitative estimate of drug-likeness (QED) is 0.351. The van der Waals surface area contributed by atoms with Crippen molar-refractivity contribution in [3.63, 3.8) is 0 Å². The van der Waals surface area contributed by atoms with Crippen molar-refractivity contribution in [3.8, 4) is 0 Å². The lowest BCUT2D eigenvalue weighted by Crippen LogP contribution is -2.62. The van der Waals surface area contributed by atoms with Crippen LogP contribution in [0.3, 0.4) is 0 Å². The Morgan fingerprint density at radius 2 is 1.87 bits per heavy atom. The number of aromatic nitrogens is 1. The number of pyridine rings is 1. The SMILES string of the molecule is O=C(/C=C/c1ccncc1)NC(N1CCCN(c2ccccc2Cl)C1=S)C(Cl)(Cl)Cl. The van der Waals surface area contributed by atoms with E-state index in [0.717, 1.165) is 17.7 Å². The summed E-state index contributed by atoms with van der Waals surface area (Å²) in [6.45, 7) is 1.19. The highest BCUT2D eigenvalue weighted by molar-refractivity contribution is 7.80. The number of benzene rings is 1. The maximum atomic E-state index is 12.5. The van der Waals surface area contributed by atoms with Gasteiger partial charge in [0.1, 0.15) is 0 Å². The zero-order valence-electron chi connectivity index (χ0n) is 15.6. The Morgan fingerprint density at radius 1 is 1.17 bits per heavy atom. The van der Waals surface area contributed by atoms with Crippen LogP contribution in [0.2, 0.25) is 5.02 Å². The van der Waals surface area contributed by atoms with Crippen molar-refractivity contribution in [1.82, 2.24) is 15.2 Å². The predicted octanol–water partition coefficient (Wildman–Crippen LogP) is 5.06. The highest BCUT2D eigenvalue weighted by Crippen LogP contribution is 2.35. The fraction of sp³-hybridized carbons (Fsp3) is 0.250. The van der Waals surface area contributed by atoms with E-state index in [1.54, 1.807) is 41.6 Å². The van der Waals surface area contributed by atoms with Gasteiger partial charge in [-0.3, -0.25) is 9.78 Å². The molecule has 0 bridgehead atoms. The molecule has 2 aromatic rings. The summed E-state index contributed by atoms with van der Waals surface area (Å²) in [4.78, 5) is 20.1. The van der Waals surface area contributed by atoms with E-state index >= 15 is 0 Å². The molecule has 0 radical (unpaired) electrons. The van der Waals surface area contributed by atoms with Crippen molar-refractivity contribution in [2.24, 2.45) is 0 Å². The normalized spacial score (nSPS) is 16.1. The van der Waals surface area contributed by atoms with Gasteiger partial charge in [0.15, 0.2) is 11.3 Å². The minimum absolute atomic E-state index is 0.416. The van der Waals surface area contributed by atoms with Gasteiger partial charge in [0.25, 0.3) is 0 Å². The summed E-state index contributed by atoms with van der Waals surface area (Å²) in [5.74, 6) is -0.416. The third kappa shape index (κ3) is 5.77. The van der Waals surface area contributed by atoms with Gasteiger partial charge in [0, 0.05) is 31.6 Å². The lowest BCUT2D eigenvalue weighted by Gasteiger charge is -2.44. The lowest BCUT2D eigenvalue weighted by atomic mass is 10.2. The number of anilines is 1. The van der Waals surface area contributed by atoms with Crippen molar-refractivity contribution in [2.45, 2.75) is 16.4 Å². The zero-order chi connectivity index (χ0) is 21.7. The Bertz CT molecular complexity index is 936. The van der Waals surface area contributed by atoms with Crippen molar-refractivity contribution in [2.75, 3.05) is 18.0 Å². The molecular weight excluding hydrogens is 486 g/mol. The van der Waals surface area contributed by atoms with Gasteiger partial charge in [-0.15, -0.1) is 0 Å². The van der Waals surface area contributed by atoms with Crippen LogP contribution in [-0.2, 0) is 4.79 Å². The summed E-state index contributed by atoms with van der Waals surface area (Å²) in [7, 11) is 0. The summed E-state index contributed by atoms with van der Waals surface area (Å²) in [6, 6.07) is 10.9. The molecule has 1 saturated heterocycles. The Hall–Kier alpha value is -1.57. The largest absolute Gasteiger partial charge is 0.328 e. The molecule has 1 aliphatic heterocycles. The molecule has 1 amide bonds. The van der Waals surface area contributed by atoms with Gasteiger partial charge in [-0.2, -0.15) is 0 Å². The fourth-order valence-electron chi connectivity index (χ4n) is 3.04. The Balaban J connectivity index is 1.79. The predicted molar refractivity (Wildman–Crippen MR) is 128 cm³/mol. The number of nitrogens with one attached hydrogen (secondary N) is 1. The molecule has 1 fully saturated rings. The van der Waals surface area contributed by atoms with Crippen LogP contribution in [0, 0.1) is 0 Å². The Morgan fingerprint density at radius 3 is 2.53 bits per heavy atom. The summed E-state index contributed by atoms with van der Waals surface area (Å²) in [5, 5.41) is 3.74. The number of alkyl halides is 3. The van der Waals surface area contributed by atoms with Gasteiger partial charge in [-0.05, 0) is 54.5 Å². The van der Waals surface area contributed by atoms with Gasteiger partial charge in [0.05, 0.1) is 10.7 Å². The second-order valence-corrected chi connectivity index (χ2v) is 9.64. The van der Waals surface area contributed by atoms with E-state index in [9.17, 15) is 4.79 Å². The van der Waals surface area contributed by atoms with Gasteiger partial charge in [0.2, 0.25) is 9.70 Å². The maximum absolute atomic E-state index is 12.5. The molecule has 1 N–H and O–H groups in total. The van der Waals surface area contributed by atoms with Crippen LogP contribution in [0.4, 0.5) is 5.69 Å². The number of rotatable bonds is 5. The number of carbonyl (C=O) groups excluding carboxylic acids is 1. The molecule has 1 aliphatic rings. The van der Waals surface area contributed by atoms with Crippen LogP contribution in [0.25, 0.3) is 6.08 Å². The minimum Gasteiger partial charge on any atom is -0.328 e. The number of hydrogen-bond acceptors (Lipinski definition) is 3. The summed E-state index contributed by atoms with van der Waals surface area (Å²) >= 11 is 30.7. The van der Waals surface area contributed by atoms with E-state index in [1.165, 1.54) is 6.08 Å². The highest BCUT2D eigenvalue weighted by Gasteiger charge is 2.42. The molecule has 1 aromatic heterocycles. The molecule has 30 heavy (non-hydrogen) atoms. The fourth-order valence-corrected chi connectivity index (χ4v) is 4.19. The van der Waals surface area contributed by atoms with Gasteiger partial charge in [-0.25, -0.2) is 0 Å². The molecule has 0 spiro atoms. The molecule has 158 valence electrons. The number of para-hydroxylation sites is 1. The van der Waals surface area contributed by atoms with Crippen LogP contribution in [0.5, 0.6) is 0 Å². The number of thiocarbonyl (C=S) groups is 1. The van der Waals surface area contributed by atoms with Crippen LogP contribution in [0.1, 0.15) is 12.0 Å². The van der Waals surface area contributed by atoms with Crippen molar-refractivity contribution >= 4 is 81.4 Å². The minimum atomic E-state index is -1.81. The second-order valence-electron chi connectivity index (χ2n) is 6.50. The molecule has 3 rings (SSSR count). The third-order valence-electron chi connectivity index (χ3n) is 4.43. The van der Waals surface area contributed by atoms with Crippen LogP contribution < -0.4 is 10.2 Å². The summed E-state index contributed by atoms with van der Waals surface area (Å²) in [6.07, 6.45) is 6.07. The molecule has 1 atom stereocenters. The summed E-state index contributed by atoms with van der Waals surface area (Å²) in [5.41, 5.74) is 1.59. The van der Waals surface area contributed by atoms with Crippen LogP contribution in [0.15, 0.2) is 54.9 Å². The van der Waals surface area contributed by atoms with Crippen molar-refractivity contribution in [1.29, 1.82) is 0 Å². The van der Waals surface area contributed by atoms with E-state index in [1.807, 2.05) is 23.1 Å². The molecule has 1 unspecified atom stereocenters. The van der Waals surface area contributed by atoms with E-state index in [4.69, 9.17) is 58.6 Å². The average Bonchev–Trinajstić information content (AvgIpc) is 2.72. The second kappa shape index (κ2) is 10.2. The molecule has 10 heteroatoms. The first-order valence-corrected chi connectivity index (χ1v) is 11.0. The Kier molecular flexibility index (Phi) is 7.82. The highest BCUT2D eigenvalue weighted by atomic mass is 35.6. The molecule has 0 saturated carbocycles. The number of halogens is 4. The maximum Gasteiger partial charge on any atom is 0.245 e. The number of carbonyl (C=O) groups is 1. The third-order valence-corrected chi connectivity index (χ3v) is 5.83. The number of amides is 1. The van der Waals surface area contributed by atoms with Gasteiger partial charge >= 0.3 is 0 Å². The molecule has 1 aromatic carbocycles. The molecule has 2 heterocycles. The number of nitrogens with zero attached hydrogens (tertiary/aromatic N) is 3. The lowest BCUT2D eigenvalue weighted by molar-refractivity contribution is -0.117. The van der Waals surface area contributed by atoms with Crippen LogP contribution >= 0.6 is 58.6 Å². The monoisotopic (exact) mass is 502 g/mol. The van der Waals surface area contributed by atoms with E-state index in [-0.39, 0.29) is 0 Å². The topological polar surface area (TPSA) is 48.5 Å². The first-order valence-electron chi connectivity index (χ1n) is 9.05. The van der Waals surface area contributed by atoms with E-state index < -0.39 is 15.9 Å². The first-order chi connectivity index (χ1) is 14.3. The Labute approximate surface area is 200 Å². The van der Waals surface area contributed by atoms with E-state index in [2.05, 4.69) is 10.3 Å². The van der Waals surface area contributed by atoms with Crippen molar-refractivity contribution < 1.29 is 4.79 Å². The van der Waals surface area contributed by atoms with Gasteiger partial charge < -0.3 is 15.1 Å². The summed E-state index contributed by atoms with van der Waals surface area (Å²) < 4.78 is -1.81. The van der Waals surface area contributed by atoms with Gasteiger partial charge in [-0.1, -0.05) is 58.5 Å². The molecule has 5 nitrogen and oxygen atoms in total. The van der Waals surface area contributed by atoms with Crippen LogP contribution in [-0.4, -0.2) is 44.0 Å². The van der Waals surface area contributed by atoms with E-state index in [0.29, 0.717) is 23.2 Å². The molecular formula is C20H18Cl4N4OS. The van der Waals surface area contributed by atoms with Crippen molar-refractivity contribution in [3.05, 3.63) is 65.5 Å². The smallest absolute Gasteiger partial charge is 0.245 e. The first kappa shape index (κ1) is 23.1. The zero-order valence-corrected chi connectivity index (χ0v) is 19.5. The molecule has 0 aliphatic carbocycles. The standard InChI is InChI=1S/C20H18Cl4N4OS/c21-15-4-1-2-5-16(15)27-12-3-13-28(19(27)30)18(20(22,23)24)26-17(29)7-6-14-8-10-25-11-9-14/h1-2,4-11,18H,3,12-13H2,(H,26,29)/b7-6+.